The zero-order valence-electron chi connectivity index (χ0n) is 9.37. The van der Waals surface area contributed by atoms with Gasteiger partial charge in [-0.1, -0.05) is 11.6 Å². The summed E-state index contributed by atoms with van der Waals surface area (Å²) >= 11 is 6.04. The Balaban J connectivity index is 2.59. The van der Waals surface area contributed by atoms with Gasteiger partial charge in [-0.2, -0.15) is 0 Å². The third-order valence-corrected chi connectivity index (χ3v) is 2.40. The van der Waals surface area contributed by atoms with Gasteiger partial charge in [0.15, 0.2) is 0 Å². The summed E-state index contributed by atoms with van der Waals surface area (Å²) in [6.45, 7) is 3.60. The van der Waals surface area contributed by atoms with E-state index in [1.165, 1.54) is 0 Å². The number of ether oxygens (including phenoxy) is 1. The molecule has 0 spiro atoms. The fourth-order valence-corrected chi connectivity index (χ4v) is 1.45. The molecule has 90 valence electrons. The quantitative estimate of drug-likeness (QED) is 0.707. The molecule has 0 radical (unpaired) electrons. The number of anilines is 1. The fourth-order valence-electron chi connectivity index (χ4n) is 1.22. The third-order valence-electron chi connectivity index (χ3n) is 2.10. The van der Waals surface area contributed by atoms with Crippen LogP contribution in [0.5, 0.6) is 5.75 Å². The van der Waals surface area contributed by atoms with E-state index in [4.69, 9.17) is 27.8 Å². The lowest BCUT2D eigenvalue weighted by Crippen LogP contribution is -2.36. The molecule has 0 aliphatic heterocycles. The maximum atomic E-state index is 6.04. The van der Waals surface area contributed by atoms with Gasteiger partial charge in [0.1, 0.15) is 5.75 Å². The summed E-state index contributed by atoms with van der Waals surface area (Å²) in [6.07, 6.45) is 0. The maximum absolute atomic E-state index is 6.04. The van der Waals surface area contributed by atoms with Crippen LogP contribution in [0.4, 0.5) is 5.69 Å². The van der Waals surface area contributed by atoms with Crippen LogP contribution in [-0.2, 0) is 0 Å². The van der Waals surface area contributed by atoms with Gasteiger partial charge < -0.3 is 21.5 Å². The van der Waals surface area contributed by atoms with Gasteiger partial charge in [-0.15, -0.1) is 0 Å². The Morgan fingerprint density at radius 2 is 2.25 bits per heavy atom. The molecule has 0 amide bonds. The van der Waals surface area contributed by atoms with Crippen molar-refractivity contribution < 1.29 is 4.74 Å². The maximum Gasteiger partial charge on any atom is 0.138 e. The Labute approximate surface area is 101 Å². The average molecular weight is 244 g/mol. The molecule has 1 unspecified atom stereocenters. The Morgan fingerprint density at radius 1 is 1.50 bits per heavy atom. The molecule has 0 heterocycles. The molecular formula is C11H18ClN3O. The molecule has 0 saturated heterocycles. The minimum atomic E-state index is -0.0506. The molecule has 1 rings (SSSR count). The highest BCUT2D eigenvalue weighted by Crippen LogP contribution is 2.27. The van der Waals surface area contributed by atoms with Gasteiger partial charge >= 0.3 is 0 Å². The second-order valence-electron chi connectivity index (χ2n) is 3.45. The van der Waals surface area contributed by atoms with Crippen LogP contribution in [0.25, 0.3) is 0 Å². The van der Waals surface area contributed by atoms with E-state index in [1.807, 2.05) is 25.1 Å². The van der Waals surface area contributed by atoms with E-state index in [2.05, 4.69) is 5.32 Å². The summed E-state index contributed by atoms with van der Waals surface area (Å²) < 4.78 is 5.33. The van der Waals surface area contributed by atoms with Crippen LogP contribution >= 0.6 is 11.6 Å². The molecule has 4 nitrogen and oxygen atoms in total. The molecule has 0 saturated carbocycles. The van der Waals surface area contributed by atoms with Gasteiger partial charge in [0, 0.05) is 24.8 Å². The Kier molecular flexibility index (Phi) is 5.38. The number of rotatable bonds is 6. The second kappa shape index (κ2) is 6.58. The molecule has 0 bridgehead atoms. The smallest absolute Gasteiger partial charge is 0.138 e. The summed E-state index contributed by atoms with van der Waals surface area (Å²) in [4.78, 5) is 0. The molecule has 16 heavy (non-hydrogen) atoms. The summed E-state index contributed by atoms with van der Waals surface area (Å²) in [5, 5.41) is 3.75. The normalized spacial score (nSPS) is 12.2. The number of nitrogens with one attached hydrogen (secondary N) is 1. The van der Waals surface area contributed by atoms with Crippen LogP contribution in [0.3, 0.4) is 0 Å². The fraction of sp³-hybridized carbons (Fsp3) is 0.455. The van der Waals surface area contributed by atoms with Gasteiger partial charge in [-0.3, -0.25) is 0 Å². The third kappa shape index (κ3) is 3.89. The molecule has 1 aromatic carbocycles. The molecule has 0 aromatic heterocycles. The molecular weight excluding hydrogens is 226 g/mol. The number of hydrogen-bond acceptors (Lipinski definition) is 4. The predicted molar refractivity (Wildman–Crippen MR) is 68.1 cm³/mol. The van der Waals surface area contributed by atoms with Crippen molar-refractivity contribution in [3.8, 4) is 5.75 Å². The highest BCUT2D eigenvalue weighted by molar-refractivity contribution is 6.32. The predicted octanol–water partition coefficient (Wildman–Crippen LogP) is 1.44. The lowest BCUT2D eigenvalue weighted by Gasteiger charge is -2.12. The van der Waals surface area contributed by atoms with Crippen molar-refractivity contribution >= 4 is 17.3 Å². The van der Waals surface area contributed by atoms with Crippen molar-refractivity contribution in [2.24, 2.45) is 11.5 Å². The van der Waals surface area contributed by atoms with Gasteiger partial charge in [0.05, 0.1) is 11.6 Å². The first-order valence-corrected chi connectivity index (χ1v) is 5.67. The van der Waals surface area contributed by atoms with Crippen LogP contribution in [0.15, 0.2) is 18.2 Å². The van der Waals surface area contributed by atoms with Gasteiger partial charge in [-0.05, 0) is 25.1 Å². The summed E-state index contributed by atoms with van der Waals surface area (Å²) in [7, 11) is 0. The zero-order chi connectivity index (χ0) is 12.0. The summed E-state index contributed by atoms with van der Waals surface area (Å²) in [5.41, 5.74) is 12.0. The highest BCUT2D eigenvalue weighted by Gasteiger charge is 2.03. The van der Waals surface area contributed by atoms with Crippen molar-refractivity contribution in [2.75, 3.05) is 25.0 Å². The van der Waals surface area contributed by atoms with E-state index in [1.54, 1.807) is 0 Å². The molecule has 5 N–H and O–H groups in total. The monoisotopic (exact) mass is 243 g/mol. The van der Waals surface area contributed by atoms with E-state index >= 15 is 0 Å². The topological polar surface area (TPSA) is 73.3 Å². The van der Waals surface area contributed by atoms with Crippen molar-refractivity contribution in [3.63, 3.8) is 0 Å². The first-order valence-electron chi connectivity index (χ1n) is 5.29. The van der Waals surface area contributed by atoms with Crippen LogP contribution in [-0.4, -0.2) is 25.7 Å². The Bertz CT molecular complexity index is 333. The van der Waals surface area contributed by atoms with Crippen LogP contribution in [0.1, 0.15) is 6.92 Å². The molecule has 1 atom stereocenters. The molecule has 5 heteroatoms. The number of hydrogen-bond donors (Lipinski definition) is 3. The largest absolute Gasteiger partial charge is 0.492 e. The van der Waals surface area contributed by atoms with Crippen LogP contribution in [0, 0.1) is 0 Å². The van der Waals surface area contributed by atoms with Crippen LogP contribution in [0.2, 0.25) is 5.02 Å². The van der Waals surface area contributed by atoms with Crippen molar-refractivity contribution in [3.05, 3.63) is 23.2 Å². The Hall–Kier alpha value is -0.970. The minimum absolute atomic E-state index is 0.0506. The molecule has 0 fully saturated rings. The van der Waals surface area contributed by atoms with Crippen molar-refractivity contribution in [2.45, 2.75) is 13.0 Å². The lowest BCUT2D eigenvalue weighted by molar-refractivity contribution is 0.340. The second-order valence-corrected chi connectivity index (χ2v) is 3.86. The lowest BCUT2D eigenvalue weighted by atomic mass is 10.2. The van der Waals surface area contributed by atoms with Gasteiger partial charge in [0.25, 0.3) is 0 Å². The Morgan fingerprint density at radius 3 is 2.81 bits per heavy atom. The first-order chi connectivity index (χ1) is 7.67. The number of benzene rings is 1. The number of halogens is 1. The van der Waals surface area contributed by atoms with Gasteiger partial charge in [-0.25, -0.2) is 0 Å². The van der Waals surface area contributed by atoms with E-state index in [-0.39, 0.29) is 6.04 Å². The zero-order valence-corrected chi connectivity index (χ0v) is 10.1. The first kappa shape index (κ1) is 13.1. The molecule has 0 aliphatic rings. The highest BCUT2D eigenvalue weighted by atomic mass is 35.5. The van der Waals surface area contributed by atoms with E-state index < -0.39 is 0 Å². The SMILES string of the molecule is CCOc1ccc(NCC(N)CN)cc1Cl. The number of nitrogens with two attached hydrogens (primary N) is 2. The standard InChI is InChI=1S/C11H18ClN3O/c1-2-16-11-4-3-9(5-10(11)12)15-7-8(14)6-13/h3-5,8,15H,2,6-7,13-14H2,1H3. The molecule has 1 aromatic rings. The van der Waals surface area contributed by atoms with E-state index in [9.17, 15) is 0 Å². The van der Waals surface area contributed by atoms with Crippen molar-refractivity contribution in [1.82, 2.24) is 0 Å². The average Bonchev–Trinajstić information content (AvgIpc) is 2.29. The minimum Gasteiger partial charge on any atom is -0.492 e. The summed E-state index contributed by atoms with van der Waals surface area (Å²) in [6, 6.07) is 5.50. The van der Waals surface area contributed by atoms with Crippen molar-refractivity contribution in [1.29, 1.82) is 0 Å². The van der Waals surface area contributed by atoms with E-state index in [0.717, 1.165) is 5.69 Å². The van der Waals surface area contributed by atoms with Gasteiger partial charge in [0.2, 0.25) is 0 Å². The molecule has 0 aliphatic carbocycles. The van der Waals surface area contributed by atoms with Crippen LogP contribution < -0.4 is 21.5 Å². The van der Waals surface area contributed by atoms with E-state index in [0.29, 0.717) is 30.5 Å². The summed E-state index contributed by atoms with van der Waals surface area (Å²) in [5.74, 6) is 0.692.